The van der Waals surface area contributed by atoms with Gasteiger partial charge in [0.2, 0.25) is 0 Å². The van der Waals surface area contributed by atoms with Crippen molar-refractivity contribution >= 4 is 56.6 Å². The maximum absolute atomic E-state index is 12.7. The molecule has 0 aliphatic heterocycles. The quantitative estimate of drug-likeness (QED) is 0.556. The van der Waals surface area contributed by atoms with Gasteiger partial charge in [0, 0.05) is 5.02 Å². The van der Waals surface area contributed by atoms with Crippen LogP contribution in [0.5, 0.6) is 5.75 Å². The Balaban J connectivity index is 2.13. The van der Waals surface area contributed by atoms with Crippen LogP contribution in [0, 0.1) is 0 Å². The lowest BCUT2D eigenvalue weighted by Crippen LogP contribution is -2.23. The number of amides is 1. The van der Waals surface area contributed by atoms with Gasteiger partial charge in [-0.05, 0) is 43.3 Å². The van der Waals surface area contributed by atoms with Gasteiger partial charge in [-0.25, -0.2) is 0 Å². The number of hydrogen-bond donors (Lipinski definition) is 0. The Kier molecular flexibility index (Phi) is 6.39. The van der Waals surface area contributed by atoms with Gasteiger partial charge in [0.15, 0.2) is 4.80 Å². The molecule has 2 aromatic carbocycles. The van der Waals surface area contributed by atoms with Gasteiger partial charge >= 0.3 is 5.97 Å². The smallest absolute Gasteiger partial charge is 0.326 e. The lowest BCUT2D eigenvalue weighted by molar-refractivity contribution is -0.143. The number of nitrogens with zero attached hydrogens (tertiary/aromatic N) is 2. The Bertz CT molecular complexity index is 1120. The Morgan fingerprint density at radius 2 is 1.96 bits per heavy atom. The maximum atomic E-state index is 12.7. The van der Waals surface area contributed by atoms with Crippen molar-refractivity contribution in [3.8, 4) is 5.75 Å². The Labute approximate surface area is 174 Å². The summed E-state index contributed by atoms with van der Waals surface area (Å²) in [7, 11) is 1.57. The largest absolute Gasteiger partial charge is 0.497 e. The molecule has 6 nitrogen and oxygen atoms in total. The van der Waals surface area contributed by atoms with Crippen LogP contribution in [0.4, 0.5) is 0 Å². The number of esters is 1. The minimum absolute atomic E-state index is 0.0688. The van der Waals surface area contributed by atoms with E-state index in [2.05, 4.69) is 4.99 Å². The molecule has 0 saturated carbocycles. The number of thiazole rings is 1. The summed E-state index contributed by atoms with van der Waals surface area (Å²) in [6.45, 7) is 1.93. The molecule has 0 fully saturated rings. The molecule has 1 aromatic heterocycles. The fraction of sp³-hybridized carbons (Fsp3) is 0.211. The number of ether oxygens (including phenoxy) is 2. The van der Waals surface area contributed by atoms with Crippen LogP contribution >= 0.6 is 34.5 Å². The highest BCUT2D eigenvalue weighted by Crippen LogP contribution is 2.24. The van der Waals surface area contributed by atoms with Crippen LogP contribution in [0.1, 0.15) is 17.3 Å². The van der Waals surface area contributed by atoms with E-state index in [0.29, 0.717) is 15.6 Å². The Morgan fingerprint density at radius 1 is 1.18 bits per heavy atom. The fourth-order valence-electron chi connectivity index (χ4n) is 2.56. The van der Waals surface area contributed by atoms with Crippen molar-refractivity contribution in [2.75, 3.05) is 13.7 Å². The fourth-order valence-corrected chi connectivity index (χ4v) is 4.11. The van der Waals surface area contributed by atoms with E-state index < -0.39 is 11.9 Å². The number of fused-ring (bicyclic) bond motifs is 1. The third kappa shape index (κ3) is 4.38. The lowest BCUT2D eigenvalue weighted by Gasteiger charge is -2.06. The molecule has 1 heterocycles. The van der Waals surface area contributed by atoms with Crippen LogP contribution in [0.2, 0.25) is 10.0 Å². The van der Waals surface area contributed by atoms with Crippen LogP contribution in [0.3, 0.4) is 0 Å². The van der Waals surface area contributed by atoms with Gasteiger partial charge in [0.25, 0.3) is 5.91 Å². The van der Waals surface area contributed by atoms with Gasteiger partial charge < -0.3 is 14.0 Å². The van der Waals surface area contributed by atoms with Gasteiger partial charge in [-0.15, -0.1) is 0 Å². The molecule has 0 bridgehead atoms. The number of carbonyl (C=O) groups excluding carboxylic acids is 2. The third-order valence-electron chi connectivity index (χ3n) is 3.84. The number of carbonyl (C=O) groups is 2. The minimum Gasteiger partial charge on any atom is -0.497 e. The molecule has 0 N–H and O–H groups in total. The highest BCUT2D eigenvalue weighted by atomic mass is 35.5. The summed E-state index contributed by atoms with van der Waals surface area (Å²) in [5, 5.41) is 0.633. The highest BCUT2D eigenvalue weighted by Gasteiger charge is 2.15. The molecule has 28 heavy (non-hydrogen) atoms. The first-order chi connectivity index (χ1) is 13.4. The zero-order valence-electron chi connectivity index (χ0n) is 15.1. The molecule has 0 atom stereocenters. The molecule has 0 radical (unpaired) electrons. The van der Waals surface area contributed by atoms with E-state index >= 15 is 0 Å². The molecule has 3 rings (SSSR count). The number of hydrogen-bond acceptors (Lipinski definition) is 5. The monoisotopic (exact) mass is 438 g/mol. The van der Waals surface area contributed by atoms with E-state index in [1.807, 2.05) is 12.1 Å². The first-order valence-corrected chi connectivity index (χ1v) is 9.87. The van der Waals surface area contributed by atoms with Crippen LogP contribution in [-0.4, -0.2) is 30.2 Å². The summed E-state index contributed by atoms with van der Waals surface area (Å²) >= 11 is 13.3. The van der Waals surface area contributed by atoms with E-state index in [9.17, 15) is 9.59 Å². The summed E-state index contributed by atoms with van der Waals surface area (Å²) in [6.07, 6.45) is 0. The first kappa shape index (κ1) is 20.4. The van der Waals surface area contributed by atoms with Crippen molar-refractivity contribution in [3.63, 3.8) is 0 Å². The topological polar surface area (TPSA) is 69.9 Å². The summed E-state index contributed by atoms with van der Waals surface area (Å²) in [6, 6.07) is 9.97. The second-order valence-corrected chi connectivity index (χ2v) is 7.50. The molecule has 0 aliphatic rings. The molecule has 9 heteroatoms. The van der Waals surface area contributed by atoms with E-state index in [0.717, 1.165) is 10.2 Å². The molecule has 146 valence electrons. The lowest BCUT2D eigenvalue weighted by atomic mass is 10.2. The summed E-state index contributed by atoms with van der Waals surface area (Å²) in [5.41, 5.74) is 0.969. The van der Waals surface area contributed by atoms with Crippen molar-refractivity contribution in [3.05, 3.63) is 56.8 Å². The van der Waals surface area contributed by atoms with Crippen LogP contribution in [0.25, 0.3) is 10.2 Å². The van der Waals surface area contributed by atoms with Crippen LogP contribution in [-0.2, 0) is 16.1 Å². The van der Waals surface area contributed by atoms with Crippen molar-refractivity contribution < 1.29 is 19.1 Å². The van der Waals surface area contributed by atoms with Crippen molar-refractivity contribution in [2.24, 2.45) is 4.99 Å². The highest BCUT2D eigenvalue weighted by molar-refractivity contribution is 7.16. The predicted molar refractivity (Wildman–Crippen MR) is 109 cm³/mol. The zero-order valence-corrected chi connectivity index (χ0v) is 17.4. The molecular formula is C19H16Cl2N2O4S. The SMILES string of the molecule is CCOC(=O)Cn1c(=NC(=O)c2ccc(Cl)cc2Cl)sc2cc(OC)ccc21. The van der Waals surface area contributed by atoms with E-state index in [-0.39, 0.29) is 23.7 Å². The third-order valence-corrected chi connectivity index (χ3v) is 5.43. The minimum atomic E-state index is -0.530. The van der Waals surface area contributed by atoms with Gasteiger partial charge in [-0.2, -0.15) is 4.99 Å². The normalized spacial score (nSPS) is 11.6. The van der Waals surface area contributed by atoms with Crippen LogP contribution in [0.15, 0.2) is 41.4 Å². The van der Waals surface area contributed by atoms with Crippen molar-refractivity contribution in [2.45, 2.75) is 13.5 Å². The predicted octanol–water partition coefficient (Wildman–Crippen LogP) is 4.32. The first-order valence-electron chi connectivity index (χ1n) is 8.30. The second kappa shape index (κ2) is 8.77. The average molecular weight is 439 g/mol. The number of halogens is 2. The number of methoxy groups -OCH3 is 1. The van der Waals surface area contributed by atoms with Gasteiger partial charge in [0.05, 0.1) is 34.5 Å². The standard InChI is InChI=1S/C19H16Cl2N2O4S/c1-3-27-17(24)10-23-15-7-5-12(26-2)9-16(15)28-19(23)22-18(25)13-6-4-11(20)8-14(13)21/h4-9H,3,10H2,1-2H3. The molecule has 0 aliphatic carbocycles. The Morgan fingerprint density at radius 3 is 2.64 bits per heavy atom. The number of aromatic nitrogens is 1. The van der Waals surface area contributed by atoms with Crippen molar-refractivity contribution in [1.82, 2.24) is 4.57 Å². The van der Waals surface area contributed by atoms with Crippen molar-refractivity contribution in [1.29, 1.82) is 0 Å². The molecular weight excluding hydrogens is 423 g/mol. The maximum Gasteiger partial charge on any atom is 0.326 e. The molecule has 0 saturated heterocycles. The number of rotatable bonds is 5. The summed E-state index contributed by atoms with van der Waals surface area (Å²) in [4.78, 5) is 29.3. The van der Waals surface area contributed by atoms with E-state index in [4.69, 9.17) is 32.7 Å². The summed E-state index contributed by atoms with van der Waals surface area (Å²) < 4.78 is 12.7. The average Bonchev–Trinajstić information content (AvgIpc) is 2.97. The van der Waals surface area contributed by atoms with E-state index in [1.54, 1.807) is 30.7 Å². The summed E-state index contributed by atoms with van der Waals surface area (Å²) in [5.74, 6) is -0.287. The van der Waals surface area contributed by atoms with E-state index in [1.165, 1.54) is 23.5 Å². The van der Waals surface area contributed by atoms with Gasteiger partial charge in [0.1, 0.15) is 12.3 Å². The molecule has 3 aromatic rings. The molecule has 0 spiro atoms. The van der Waals surface area contributed by atoms with Crippen LogP contribution < -0.4 is 9.54 Å². The second-order valence-electron chi connectivity index (χ2n) is 5.65. The van der Waals surface area contributed by atoms with Gasteiger partial charge in [-0.3, -0.25) is 9.59 Å². The van der Waals surface area contributed by atoms with Gasteiger partial charge in [-0.1, -0.05) is 34.5 Å². The number of benzene rings is 2. The Hall–Kier alpha value is -2.35. The molecule has 1 amide bonds. The molecule has 0 unspecified atom stereocenters. The zero-order chi connectivity index (χ0) is 20.3.